The molecule has 200 valence electrons. The lowest BCUT2D eigenvalue weighted by molar-refractivity contribution is -0.385. The van der Waals surface area contributed by atoms with E-state index in [9.17, 15) is 25.0 Å². The molecule has 0 fully saturated rings. The van der Waals surface area contributed by atoms with Crippen molar-refractivity contribution in [2.75, 3.05) is 7.11 Å². The number of halogens is 1. The largest absolute Gasteiger partial charge is 0.497 e. The highest BCUT2D eigenvalue weighted by atomic mass is 35.5. The molecule has 1 heterocycles. The summed E-state index contributed by atoms with van der Waals surface area (Å²) in [6.45, 7) is 1.69. The molecule has 3 aromatic carbocycles. The average molecular weight is 569 g/mol. The number of carbonyl (C=O) groups is 1. The number of ether oxygens (including phenoxy) is 1. The van der Waals surface area contributed by atoms with E-state index >= 15 is 0 Å². The van der Waals surface area contributed by atoms with E-state index in [0.29, 0.717) is 28.2 Å². The number of hydrogen-bond donors (Lipinski definition) is 1. The molecule has 1 amide bonds. The normalized spacial score (nSPS) is 11.6. The third-order valence-electron chi connectivity index (χ3n) is 5.62. The van der Waals surface area contributed by atoms with Crippen LogP contribution in [0.4, 0.5) is 11.4 Å². The maximum atomic E-state index is 13.0. The number of nitro groups is 2. The van der Waals surface area contributed by atoms with Gasteiger partial charge in [0, 0.05) is 35.7 Å². The summed E-state index contributed by atoms with van der Waals surface area (Å²) in [7, 11) is 1.59. The lowest BCUT2D eigenvalue weighted by atomic mass is 10.1. The Bertz CT molecular complexity index is 1540. The number of methoxy groups -OCH3 is 1. The summed E-state index contributed by atoms with van der Waals surface area (Å²) >= 11 is 7.51. The van der Waals surface area contributed by atoms with Crippen LogP contribution in [0.2, 0.25) is 5.02 Å². The maximum absolute atomic E-state index is 13.0. The summed E-state index contributed by atoms with van der Waals surface area (Å²) in [6, 6.07) is 16.3. The van der Waals surface area contributed by atoms with Gasteiger partial charge in [0.2, 0.25) is 0 Å². The molecule has 4 aromatic rings. The van der Waals surface area contributed by atoms with E-state index in [4.69, 9.17) is 16.3 Å². The van der Waals surface area contributed by atoms with E-state index in [-0.39, 0.29) is 22.0 Å². The fourth-order valence-electron chi connectivity index (χ4n) is 3.67. The Balaban J connectivity index is 1.64. The molecule has 12 nitrogen and oxygen atoms in total. The van der Waals surface area contributed by atoms with Crippen LogP contribution in [0.25, 0.3) is 5.69 Å². The van der Waals surface area contributed by atoms with E-state index < -0.39 is 21.8 Å². The lowest BCUT2D eigenvalue weighted by Gasteiger charge is -2.17. The van der Waals surface area contributed by atoms with Crippen LogP contribution in [0.1, 0.15) is 34.7 Å². The lowest BCUT2D eigenvalue weighted by Crippen LogP contribution is -2.29. The van der Waals surface area contributed by atoms with Gasteiger partial charge in [-0.05, 0) is 42.8 Å². The monoisotopic (exact) mass is 568 g/mol. The predicted octanol–water partition coefficient (Wildman–Crippen LogP) is 5.53. The Morgan fingerprint density at radius 2 is 1.74 bits per heavy atom. The van der Waals surface area contributed by atoms with Crippen molar-refractivity contribution in [1.29, 1.82) is 0 Å². The van der Waals surface area contributed by atoms with Crippen LogP contribution in [0.5, 0.6) is 5.75 Å². The molecular formula is C25H21ClN6O6S. The van der Waals surface area contributed by atoms with Crippen LogP contribution in [0.3, 0.4) is 0 Å². The number of rotatable bonds is 10. The van der Waals surface area contributed by atoms with Crippen LogP contribution in [-0.4, -0.2) is 37.6 Å². The molecule has 1 aromatic heterocycles. The SMILES string of the molecule is COc1cccc(CSc2nnc(C(C)NC(=O)c3ccc([N+](=O)[O-])cc3Cl)n2-c2ccc([N+](=O)[O-])cc2)c1. The van der Waals surface area contributed by atoms with Crippen molar-refractivity contribution >= 4 is 40.6 Å². The molecule has 0 aliphatic carbocycles. The van der Waals surface area contributed by atoms with Crippen molar-refractivity contribution in [1.82, 2.24) is 20.1 Å². The summed E-state index contributed by atoms with van der Waals surface area (Å²) in [4.78, 5) is 34.0. The molecule has 0 spiro atoms. The number of nitrogens with zero attached hydrogens (tertiary/aromatic N) is 5. The van der Waals surface area contributed by atoms with Crippen LogP contribution >= 0.6 is 23.4 Å². The van der Waals surface area contributed by atoms with Gasteiger partial charge in [0.25, 0.3) is 17.3 Å². The molecular weight excluding hydrogens is 548 g/mol. The minimum absolute atomic E-state index is 0.0585. The predicted molar refractivity (Wildman–Crippen MR) is 145 cm³/mol. The van der Waals surface area contributed by atoms with Gasteiger partial charge >= 0.3 is 0 Å². The Kier molecular flexibility index (Phi) is 8.42. The highest BCUT2D eigenvalue weighted by Gasteiger charge is 2.23. The Morgan fingerprint density at radius 1 is 1.05 bits per heavy atom. The van der Waals surface area contributed by atoms with Gasteiger partial charge in [0.05, 0.1) is 33.6 Å². The first-order valence-corrected chi connectivity index (χ1v) is 12.7. The average Bonchev–Trinajstić information content (AvgIpc) is 3.36. The van der Waals surface area contributed by atoms with Gasteiger partial charge in [0.15, 0.2) is 11.0 Å². The first-order valence-electron chi connectivity index (χ1n) is 11.4. The molecule has 0 radical (unpaired) electrons. The minimum atomic E-state index is -0.683. The van der Waals surface area contributed by atoms with E-state index in [1.54, 1.807) is 30.7 Å². The molecule has 4 rings (SSSR count). The summed E-state index contributed by atoms with van der Waals surface area (Å²) < 4.78 is 6.99. The van der Waals surface area contributed by atoms with Gasteiger partial charge in [-0.15, -0.1) is 10.2 Å². The second-order valence-corrected chi connectivity index (χ2v) is 9.56. The number of benzene rings is 3. The van der Waals surface area contributed by atoms with Gasteiger partial charge in [-0.1, -0.05) is 35.5 Å². The van der Waals surface area contributed by atoms with Crippen molar-refractivity contribution in [3.05, 3.63) is 109 Å². The zero-order valence-electron chi connectivity index (χ0n) is 20.6. The zero-order valence-corrected chi connectivity index (χ0v) is 22.2. The molecule has 0 aliphatic heterocycles. The van der Waals surface area contributed by atoms with E-state index in [0.717, 1.165) is 11.6 Å². The van der Waals surface area contributed by atoms with Gasteiger partial charge in [-0.25, -0.2) is 0 Å². The molecule has 0 saturated heterocycles. The zero-order chi connectivity index (χ0) is 28.1. The minimum Gasteiger partial charge on any atom is -0.497 e. The molecule has 1 unspecified atom stereocenters. The molecule has 0 aliphatic rings. The highest BCUT2D eigenvalue weighted by Crippen LogP contribution is 2.30. The number of hydrogen-bond acceptors (Lipinski definition) is 9. The number of carbonyl (C=O) groups excluding carboxylic acids is 1. The Hall–Kier alpha value is -4.49. The van der Waals surface area contributed by atoms with Crippen molar-refractivity contribution in [3.8, 4) is 11.4 Å². The Labute approximate surface area is 231 Å². The summed E-state index contributed by atoms with van der Waals surface area (Å²) in [5.41, 5.74) is 1.29. The summed E-state index contributed by atoms with van der Waals surface area (Å²) in [5, 5.41) is 34.0. The Morgan fingerprint density at radius 3 is 2.38 bits per heavy atom. The fourth-order valence-corrected chi connectivity index (χ4v) is 4.83. The second kappa shape index (κ2) is 11.9. The van der Waals surface area contributed by atoms with Crippen LogP contribution in [0.15, 0.2) is 71.9 Å². The number of nitro benzene ring substituents is 2. The van der Waals surface area contributed by atoms with Crippen molar-refractivity contribution < 1.29 is 19.4 Å². The van der Waals surface area contributed by atoms with Crippen LogP contribution in [0, 0.1) is 20.2 Å². The molecule has 14 heteroatoms. The number of non-ortho nitro benzene ring substituents is 2. The summed E-state index contributed by atoms with van der Waals surface area (Å²) in [5.74, 6) is 1.04. The number of thioether (sulfide) groups is 1. The van der Waals surface area contributed by atoms with Crippen molar-refractivity contribution in [2.24, 2.45) is 0 Å². The maximum Gasteiger partial charge on any atom is 0.270 e. The number of nitrogens with one attached hydrogen (secondary N) is 1. The topological polar surface area (TPSA) is 155 Å². The van der Waals surface area contributed by atoms with E-state index in [1.807, 2.05) is 24.3 Å². The van der Waals surface area contributed by atoms with Gasteiger partial charge < -0.3 is 10.1 Å². The standard InChI is InChI=1S/C25H21ClN6O6S/c1-15(27-24(33)21-11-10-19(32(36)37)13-22(21)26)23-28-29-25(39-14-16-4-3-5-20(12-16)38-2)30(23)17-6-8-18(9-7-17)31(34)35/h3-13,15H,14H2,1-2H3,(H,27,33). The molecule has 0 saturated carbocycles. The second-order valence-electron chi connectivity index (χ2n) is 8.21. The highest BCUT2D eigenvalue weighted by molar-refractivity contribution is 7.98. The van der Waals surface area contributed by atoms with Gasteiger partial charge in [-0.2, -0.15) is 0 Å². The molecule has 0 bridgehead atoms. The third kappa shape index (κ3) is 6.33. The first kappa shape index (κ1) is 27.5. The van der Waals surface area contributed by atoms with Crippen LogP contribution < -0.4 is 10.1 Å². The number of aromatic nitrogens is 3. The van der Waals surface area contributed by atoms with Crippen LogP contribution in [-0.2, 0) is 5.75 Å². The van der Waals surface area contributed by atoms with E-state index in [1.165, 1.54) is 36.0 Å². The first-order chi connectivity index (χ1) is 18.7. The summed E-state index contributed by atoms with van der Waals surface area (Å²) in [6.07, 6.45) is 0. The molecule has 1 atom stereocenters. The van der Waals surface area contributed by atoms with E-state index in [2.05, 4.69) is 15.5 Å². The molecule has 1 N–H and O–H groups in total. The van der Waals surface area contributed by atoms with Crippen molar-refractivity contribution in [2.45, 2.75) is 23.9 Å². The smallest absolute Gasteiger partial charge is 0.270 e. The third-order valence-corrected chi connectivity index (χ3v) is 6.94. The number of amides is 1. The quantitative estimate of drug-likeness (QED) is 0.148. The van der Waals surface area contributed by atoms with Crippen molar-refractivity contribution in [3.63, 3.8) is 0 Å². The molecule has 39 heavy (non-hydrogen) atoms. The fraction of sp³-hybridized carbons (Fsp3) is 0.160. The van der Waals surface area contributed by atoms with Gasteiger partial charge in [-0.3, -0.25) is 29.6 Å². The van der Waals surface area contributed by atoms with Gasteiger partial charge in [0.1, 0.15) is 5.75 Å².